The summed E-state index contributed by atoms with van der Waals surface area (Å²) in [5.74, 6) is -0.383. The van der Waals surface area contributed by atoms with E-state index in [1.807, 2.05) is 27.7 Å². The van der Waals surface area contributed by atoms with Gasteiger partial charge in [-0.1, -0.05) is 0 Å². The van der Waals surface area contributed by atoms with Gasteiger partial charge >= 0.3 is 5.97 Å². The summed E-state index contributed by atoms with van der Waals surface area (Å²) in [6.07, 6.45) is 1.62. The van der Waals surface area contributed by atoms with Crippen LogP contribution in [0, 0.1) is 0 Å². The Bertz CT molecular complexity index is 652. The van der Waals surface area contributed by atoms with Crippen molar-refractivity contribution in [2.24, 2.45) is 5.10 Å². The number of carbonyl (C=O) groups excluding carboxylic acids is 1. The highest BCUT2D eigenvalue weighted by molar-refractivity contribution is 7.92. The van der Waals surface area contributed by atoms with Crippen molar-refractivity contribution in [2.75, 3.05) is 12.8 Å². The summed E-state index contributed by atoms with van der Waals surface area (Å²) in [5, 5.41) is 6.01. The van der Waals surface area contributed by atoms with E-state index >= 15 is 0 Å². The number of ether oxygens (including phenoxy) is 1. The molecule has 0 unspecified atom stereocenters. The van der Waals surface area contributed by atoms with Crippen molar-refractivity contribution in [3.63, 3.8) is 0 Å². The van der Waals surface area contributed by atoms with E-state index in [1.54, 1.807) is 25.8 Å². The van der Waals surface area contributed by atoms with E-state index in [0.29, 0.717) is 17.7 Å². The quantitative estimate of drug-likeness (QED) is 0.733. The van der Waals surface area contributed by atoms with Gasteiger partial charge in [-0.25, -0.2) is 13.2 Å². The van der Waals surface area contributed by atoms with Crippen LogP contribution >= 0.6 is 0 Å². The lowest BCUT2D eigenvalue weighted by Crippen LogP contribution is -2.43. The zero-order valence-corrected chi connectivity index (χ0v) is 16.2. The molecule has 23 heavy (non-hydrogen) atoms. The highest BCUT2D eigenvalue weighted by atomic mass is 32.2. The molecule has 1 heterocycles. The number of nitrogens with zero attached hydrogens (tertiary/aromatic N) is 2. The van der Waals surface area contributed by atoms with Gasteiger partial charge in [-0.3, -0.25) is 5.01 Å². The highest BCUT2D eigenvalue weighted by Gasteiger charge is 2.35. The van der Waals surface area contributed by atoms with Crippen LogP contribution in [0.2, 0.25) is 0 Å². The van der Waals surface area contributed by atoms with Crippen LogP contribution in [-0.4, -0.2) is 48.3 Å². The van der Waals surface area contributed by atoms with E-state index in [2.05, 4.69) is 5.10 Å². The molecule has 0 saturated carbocycles. The largest absolute Gasteiger partial charge is 0.457 e. The van der Waals surface area contributed by atoms with Crippen LogP contribution in [0.1, 0.15) is 54.9 Å². The molecular formula is C16H28N2O4S. The fourth-order valence-corrected chi connectivity index (χ4v) is 2.40. The fourth-order valence-electron chi connectivity index (χ4n) is 2.05. The van der Waals surface area contributed by atoms with E-state index < -0.39 is 20.2 Å². The maximum atomic E-state index is 12.4. The number of hydrogen-bond acceptors (Lipinski definition) is 6. The summed E-state index contributed by atoms with van der Waals surface area (Å²) in [5.41, 5.74) is 1.34. The van der Waals surface area contributed by atoms with Gasteiger partial charge in [0, 0.05) is 24.1 Å². The number of hydrazone groups is 1. The maximum Gasteiger partial charge on any atom is 0.336 e. The van der Waals surface area contributed by atoms with Crippen LogP contribution in [0.15, 0.2) is 16.4 Å². The molecule has 1 aliphatic rings. The summed E-state index contributed by atoms with van der Waals surface area (Å²) >= 11 is 0. The Labute approximate surface area is 139 Å². The average molecular weight is 344 g/mol. The van der Waals surface area contributed by atoms with Crippen molar-refractivity contribution in [1.29, 1.82) is 0 Å². The van der Waals surface area contributed by atoms with Crippen molar-refractivity contribution in [2.45, 2.75) is 65.2 Å². The standard InChI is InChI=1S/C16H28N2O4S/c1-11-9-13(14(19)22-15(3,4)5)12(2)18(17-11)10-16(6,7)23(8,20)21/h9-10H2,1-8H3. The Morgan fingerprint density at radius 3 is 2.17 bits per heavy atom. The summed E-state index contributed by atoms with van der Waals surface area (Å²) < 4.78 is 28.3. The highest BCUT2D eigenvalue weighted by Crippen LogP contribution is 2.27. The molecule has 1 aliphatic heterocycles. The minimum atomic E-state index is -3.26. The molecule has 0 saturated heterocycles. The third kappa shape index (κ3) is 5.06. The van der Waals surface area contributed by atoms with Crippen LogP contribution in [-0.2, 0) is 19.4 Å². The monoisotopic (exact) mass is 344 g/mol. The van der Waals surface area contributed by atoms with Crippen LogP contribution in [0.4, 0.5) is 0 Å². The fraction of sp³-hybridized carbons (Fsp3) is 0.750. The van der Waals surface area contributed by atoms with E-state index in [4.69, 9.17) is 4.74 Å². The second kappa shape index (κ2) is 6.26. The lowest BCUT2D eigenvalue weighted by molar-refractivity contribution is -0.150. The molecule has 0 aromatic rings. The van der Waals surface area contributed by atoms with Crippen molar-refractivity contribution in [1.82, 2.24) is 5.01 Å². The van der Waals surface area contributed by atoms with E-state index in [0.717, 1.165) is 5.71 Å². The number of allylic oxidation sites excluding steroid dienone is 1. The Balaban J connectivity index is 3.14. The van der Waals surface area contributed by atoms with Gasteiger partial charge in [0.1, 0.15) is 5.60 Å². The van der Waals surface area contributed by atoms with Gasteiger partial charge in [0.2, 0.25) is 0 Å². The minimum absolute atomic E-state index is 0.182. The zero-order chi connectivity index (χ0) is 18.2. The third-order valence-corrected chi connectivity index (χ3v) is 5.86. The number of hydrogen-bond donors (Lipinski definition) is 0. The molecule has 132 valence electrons. The van der Waals surface area contributed by atoms with Crippen molar-refractivity contribution in [3.05, 3.63) is 11.3 Å². The van der Waals surface area contributed by atoms with Crippen LogP contribution < -0.4 is 0 Å². The van der Waals surface area contributed by atoms with E-state index in [9.17, 15) is 13.2 Å². The summed E-state index contributed by atoms with van der Waals surface area (Å²) in [7, 11) is -3.26. The number of sulfone groups is 1. The Morgan fingerprint density at radius 1 is 1.22 bits per heavy atom. The molecule has 0 N–H and O–H groups in total. The van der Waals surface area contributed by atoms with Gasteiger partial charge in [-0.15, -0.1) is 0 Å². The SMILES string of the molecule is CC1=NN(CC(C)(C)S(C)(=O)=O)C(C)=C(C(=O)OC(C)(C)C)C1. The first kappa shape index (κ1) is 19.7. The average Bonchev–Trinajstić information content (AvgIpc) is 2.29. The molecule has 0 aromatic carbocycles. The molecule has 1 rings (SSSR count). The van der Waals surface area contributed by atoms with Crippen LogP contribution in [0.3, 0.4) is 0 Å². The zero-order valence-electron chi connectivity index (χ0n) is 15.3. The first-order valence-electron chi connectivity index (χ1n) is 7.58. The molecule has 7 heteroatoms. The summed E-state index contributed by atoms with van der Waals surface area (Å²) in [4.78, 5) is 12.4. The van der Waals surface area contributed by atoms with Crippen molar-refractivity contribution < 1.29 is 17.9 Å². The summed E-state index contributed by atoms with van der Waals surface area (Å²) in [6.45, 7) is 12.5. The number of esters is 1. The lowest BCUT2D eigenvalue weighted by Gasteiger charge is -2.34. The Hall–Kier alpha value is -1.37. The van der Waals surface area contributed by atoms with E-state index in [1.165, 1.54) is 6.26 Å². The normalized spacial score (nSPS) is 17.2. The second-order valence-corrected chi connectivity index (χ2v) is 10.3. The van der Waals surface area contributed by atoms with Gasteiger partial charge in [0.15, 0.2) is 9.84 Å². The van der Waals surface area contributed by atoms with Crippen LogP contribution in [0.5, 0.6) is 0 Å². The van der Waals surface area contributed by atoms with Crippen molar-refractivity contribution in [3.8, 4) is 0 Å². The lowest BCUT2D eigenvalue weighted by atomic mass is 10.0. The minimum Gasteiger partial charge on any atom is -0.457 e. The van der Waals surface area contributed by atoms with E-state index in [-0.39, 0.29) is 12.5 Å². The number of carbonyl (C=O) groups is 1. The van der Waals surface area contributed by atoms with Crippen LogP contribution in [0.25, 0.3) is 0 Å². The molecule has 0 fully saturated rings. The first-order valence-corrected chi connectivity index (χ1v) is 9.47. The predicted molar refractivity (Wildman–Crippen MR) is 91.9 cm³/mol. The topological polar surface area (TPSA) is 76.0 Å². The molecular weight excluding hydrogens is 316 g/mol. The van der Waals surface area contributed by atoms with Gasteiger partial charge in [-0.05, 0) is 48.5 Å². The molecule has 0 bridgehead atoms. The molecule has 0 radical (unpaired) electrons. The first-order chi connectivity index (χ1) is 10.1. The van der Waals surface area contributed by atoms with Gasteiger partial charge in [-0.2, -0.15) is 5.10 Å². The molecule has 0 aromatic heterocycles. The van der Waals surface area contributed by atoms with Gasteiger partial charge in [0.05, 0.1) is 16.9 Å². The van der Waals surface area contributed by atoms with Gasteiger partial charge < -0.3 is 4.74 Å². The molecule has 0 amide bonds. The Kier molecular flexibility index (Phi) is 5.36. The third-order valence-electron chi connectivity index (χ3n) is 3.73. The molecule has 6 nitrogen and oxygen atoms in total. The smallest absolute Gasteiger partial charge is 0.336 e. The predicted octanol–water partition coefficient (Wildman–Crippen LogP) is 2.51. The van der Waals surface area contributed by atoms with Crippen molar-refractivity contribution >= 4 is 21.5 Å². The molecule has 0 spiro atoms. The molecule has 0 atom stereocenters. The maximum absolute atomic E-state index is 12.4. The number of rotatable bonds is 4. The second-order valence-electron chi connectivity index (χ2n) is 7.67. The Morgan fingerprint density at radius 2 is 1.74 bits per heavy atom. The molecule has 0 aliphatic carbocycles. The summed E-state index contributed by atoms with van der Waals surface area (Å²) in [6, 6.07) is 0. The van der Waals surface area contributed by atoms with Gasteiger partial charge in [0.25, 0.3) is 0 Å².